The van der Waals surface area contributed by atoms with Crippen LogP contribution in [0.5, 0.6) is 0 Å². The molecule has 1 aliphatic heterocycles. The summed E-state index contributed by atoms with van der Waals surface area (Å²) >= 11 is 0. The average Bonchev–Trinajstić information content (AvgIpc) is 3.63. The van der Waals surface area contributed by atoms with Gasteiger partial charge in [0.05, 0.1) is 6.04 Å². The van der Waals surface area contributed by atoms with Gasteiger partial charge in [-0.1, -0.05) is 12.1 Å². The summed E-state index contributed by atoms with van der Waals surface area (Å²) in [6.45, 7) is 3.31. The SMILES string of the molecule is CC(=O)c1cccc(-n2c3nc(Nc4ccc5c(c4)CNCC5)ncc3c(=O)n2C2CC2)n1. The molecule has 0 atom stereocenters. The van der Waals surface area contributed by atoms with Gasteiger partial charge in [-0.25, -0.2) is 19.3 Å². The molecule has 0 unspecified atom stereocenters. The van der Waals surface area contributed by atoms with Crippen molar-refractivity contribution in [2.45, 2.75) is 38.8 Å². The van der Waals surface area contributed by atoms with E-state index in [0.29, 0.717) is 28.5 Å². The van der Waals surface area contributed by atoms with Crippen LogP contribution in [0.15, 0.2) is 47.4 Å². The lowest BCUT2D eigenvalue weighted by Gasteiger charge is -2.18. The molecule has 2 N–H and O–H groups in total. The summed E-state index contributed by atoms with van der Waals surface area (Å²) in [5.74, 6) is 0.759. The number of pyridine rings is 1. The van der Waals surface area contributed by atoms with Crippen molar-refractivity contribution in [2.75, 3.05) is 11.9 Å². The van der Waals surface area contributed by atoms with Crippen LogP contribution in [0.2, 0.25) is 0 Å². The van der Waals surface area contributed by atoms with Gasteiger partial charge in [-0.3, -0.25) is 9.59 Å². The van der Waals surface area contributed by atoms with Gasteiger partial charge in [-0.05, 0) is 61.2 Å². The van der Waals surface area contributed by atoms with E-state index < -0.39 is 0 Å². The molecular weight excluding hydrogens is 418 g/mol. The predicted molar refractivity (Wildman–Crippen MR) is 124 cm³/mol. The molecule has 33 heavy (non-hydrogen) atoms. The van der Waals surface area contributed by atoms with Crippen LogP contribution in [-0.4, -0.2) is 36.6 Å². The lowest BCUT2D eigenvalue weighted by atomic mass is 10.0. The van der Waals surface area contributed by atoms with Gasteiger partial charge >= 0.3 is 0 Å². The largest absolute Gasteiger partial charge is 0.324 e. The summed E-state index contributed by atoms with van der Waals surface area (Å²) in [7, 11) is 0. The van der Waals surface area contributed by atoms with Gasteiger partial charge in [0.1, 0.15) is 11.1 Å². The number of rotatable bonds is 5. The maximum Gasteiger partial charge on any atom is 0.278 e. The summed E-state index contributed by atoms with van der Waals surface area (Å²) in [5, 5.41) is 7.10. The van der Waals surface area contributed by atoms with Crippen LogP contribution in [-0.2, 0) is 13.0 Å². The number of ketones is 1. The average molecular weight is 441 g/mol. The summed E-state index contributed by atoms with van der Waals surface area (Å²) in [6, 6.07) is 11.6. The van der Waals surface area contributed by atoms with E-state index in [1.165, 1.54) is 18.1 Å². The first-order chi connectivity index (χ1) is 16.1. The topological polar surface area (TPSA) is 107 Å². The smallest absolute Gasteiger partial charge is 0.278 e. The van der Waals surface area contributed by atoms with Gasteiger partial charge in [0.25, 0.3) is 5.56 Å². The second kappa shape index (κ2) is 7.63. The Labute approximate surface area is 189 Å². The van der Waals surface area contributed by atoms with Gasteiger partial charge < -0.3 is 10.6 Å². The van der Waals surface area contributed by atoms with E-state index in [1.54, 1.807) is 33.8 Å². The second-order valence-corrected chi connectivity index (χ2v) is 8.60. The fourth-order valence-corrected chi connectivity index (χ4v) is 4.35. The molecule has 0 radical (unpaired) electrons. The summed E-state index contributed by atoms with van der Waals surface area (Å²) in [6.07, 6.45) is 4.43. The first-order valence-corrected chi connectivity index (χ1v) is 11.2. The van der Waals surface area contributed by atoms with Gasteiger partial charge in [-0.15, -0.1) is 0 Å². The molecule has 1 aromatic carbocycles. The lowest BCUT2D eigenvalue weighted by Crippen LogP contribution is -2.23. The fraction of sp³-hybridized carbons (Fsp3) is 0.292. The van der Waals surface area contributed by atoms with Crippen molar-refractivity contribution < 1.29 is 4.79 Å². The van der Waals surface area contributed by atoms with Crippen LogP contribution >= 0.6 is 0 Å². The maximum atomic E-state index is 13.2. The zero-order chi connectivity index (χ0) is 22.5. The first-order valence-electron chi connectivity index (χ1n) is 11.2. The van der Waals surface area contributed by atoms with Crippen LogP contribution < -0.4 is 16.2 Å². The van der Waals surface area contributed by atoms with Crippen molar-refractivity contribution in [3.8, 4) is 5.82 Å². The zero-order valence-corrected chi connectivity index (χ0v) is 18.2. The zero-order valence-electron chi connectivity index (χ0n) is 18.2. The van der Waals surface area contributed by atoms with Crippen molar-refractivity contribution in [3.63, 3.8) is 0 Å². The second-order valence-electron chi connectivity index (χ2n) is 8.60. The van der Waals surface area contributed by atoms with Crippen molar-refractivity contribution in [3.05, 3.63) is 69.8 Å². The van der Waals surface area contributed by atoms with Crippen LogP contribution in [0.25, 0.3) is 16.9 Å². The molecule has 0 amide bonds. The minimum absolute atomic E-state index is 0.0963. The van der Waals surface area contributed by atoms with E-state index in [1.807, 2.05) is 6.07 Å². The van der Waals surface area contributed by atoms with E-state index in [-0.39, 0.29) is 17.4 Å². The number of Topliss-reactive ketones (excluding diaryl/α,β-unsaturated/α-hetero) is 1. The summed E-state index contributed by atoms with van der Waals surface area (Å²) < 4.78 is 3.42. The standard InChI is InChI=1S/C24H23N7O2/c1-14(32)20-3-2-4-21(28-20)31-22-19(23(33)30(31)18-7-8-18)13-26-24(29-22)27-17-6-5-15-9-10-25-12-16(15)11-17/h2-6,11,13,18,25H,7-10,12H2,1H3,(H,26,27,29). The number of carbonyl (C=O) groups excluding carboxylic acids is 1. The molecule has 9 heteroatoms. The van der Waals surface area contributed by atoms with E-state index >= 15 is 0 Å². The third-order valence-electron chi connectivity index (χ3n) is 6.18. The van der Waals surface area contributed by atoms with Gasteiger partial charge in [0, 0.05) is 25.4 Å². The maximum absolute atomic E-state index is 13.2. The van der Waals surface area contributed by atoms with Crippen molar-refractivity contribution in [1.29, 1.82) is 0 Å². The number of hydrogen-bond acceptors (Lipinski definition) is 7. The highest BCUT2D eigenvalue weighted by atomic mass is 16.1. The Bertz CT molecular complexity index is 1470. The Hall–Kier alpha value is -3.85. The van der Waals surface area contributed by atoms with E-state index in [9.17, 15) is 9.59 Å². The van der Waals surface area contributed by atoms with Crippen LogP contribution in [0, 0.1) is 0 Å². The number of nitrogens with one attached hydrogen (secondary N) is 2. The Kier molecular flexibility index (Phi) is 4.58. The molecule has 0 spiro atoms. The molecular formula is C24H23N7O2. The molecule has 0 saturated heterocycles. The molecule has 9 nitrogen and oxygen atoms in total. The molecule has 4 heterocycles. The molecule has 1 saturated carbocycles. The number of hydrogen-bond donors (Lipinski definition) is 2. The quantitative estimate of drug-likeness (QED) is 0.459. The third-order valence-corrected chi connectivity index (χ3v) is 6.18. The number of benzene rings is 1. The lowest BCUT2D eigenvalue weighted by molar-refractivity contribution is 0.101. The predicted octanol–water partition coefficient (Wildman–Crippen LogP) is 2.90. The van der Waals surface area contributed by atoms with Crippen molar-refractivity contribution in [2.24, 2.45) is 0 Å². The highest BCUT2D eigenvalue weighted by molar-refractivity contribution is 5.92. The minimum Gasteiger partial charge on any atom is -0.324 e. The van der Waals surface area contributed by atoms with Crippen molar-refractivity contribution >= 4 is 28.5 Å². The Morgan fingerprint density at radius 1 is 1.15 bits per heavy atom. The minimum atomic E-state index is -0.145. The Balaban J connectivity index is 1.46. The summed E-state index contributed by atoms with van der Waals surface area (Å²) in [4.78, 5) is 38.7. The number of carbonyl (C=O) groups is 1. The van der Waals surface area contributed by atoms with Gasteiger partial charge in [0.15, 0.2) is 17.2 Å². The molecule has 1 fully saturated rings. The number of aromatic nitrogens is 5. The highest BCUT2D eigenvalue weighted by Gasteiger charge is 2.31. The molecule has 0 bridgehead atoms. The van der Waals surface area contributed by atoms with E-state index in [4.69, 9.17) is 4.98 Å². The van der Waals surface area contributed by atoms with Crippen molar-refractivity contribution in [1.82, 2.24) is 29.6 Å². The number of anilines is 2. The van der Waals surface area contributed by atoms with E-state index in [2.05, 4.69) is 32.7 Å². The van der Waals surface area contributed by atoms with E-state index in [0.717, 1.165) is 38.0 Å². The fourth-order valence-electron chi connectivity index (χ4n) is 4.35. The van der Waals surface area contributed by atoms with Gasteiger partial charge in [-0.2, -0.15) is 4.98 Å². The summed E-state index contributed by atoms with van der Waals surface area (Å²) in [5.41, 5.74) is 4.17. The molecule has 3 aromatic heterocycles. The van der Waals surface area contributed by atoms with Crippen LogP contribution in [0.1, 0.15) is 47.4 Å². The monoisotopic (exact) mass is 441 g/mol. The normalized spacial score (nSPS) is 15.4. The molecule has 2 aliphatic rings. The molecule has 4 aromatic rings. The Morgan fingerprint density at radius 2 is 2.03 bits per heavy atom. The van der Waals surface area contributed by atoms with Crippen LogP contribution in [0.3, 0.4) is 0 Å². The molecule has 6 rings (SSSR count). The number of nitrogens with zero attached hydrogens (tertiary/aromatic N) is 5. The number of fused-ring (bicyclic) bond motifs is 2. The third kappa shape index (κ3) is 3.50. The molecule has 166 valence electrons. The highest BCUT2D eigenvalue weighted by Crippen LogP contribution is 2.35. The molecule has 1 aliphatic carbocycles. The van der Waals surface area contributed by atoms with Crippen LogP contribution in [0.4, 0.5) is 11.6 Å². The van der Waals surface area contributed by atoms with Gasteiger partial charge in [0.2, 0.25) is 5.95 Å². The first kappa shape index (κ1) is 19.8. The Morgan fingerprint density at radius 3 is 2.85 bits per heavy atom.